The minimum atomic E-state index is 0.860. The maximum Gasteiger partial charge on any atom is 0.143 e. The number of anilines is 3. The van der Waals surface area contributed by atoms with Crippen molar-refractivity contribution >= 4 is 49.8 Å². The van der Waals surface area contributed by atoms with Crippen LogP contribution in [0.25, 0.3) is 66.1 Å². The van der Waals surface area contributed by atoms with E-state index in [2.05, 4.69) is 193 Å². The van der Waals surface area contributed by atoms with Crippen LogP contribution >= 0.6 is 0 Å². The van der Waals surface area contributed by atoms with E-state index in [0.29, 0.717) is 0 Å². The lowest BCUT2D eigenvalue weighted by molar-refractivity contribution is 0.672. The molecule has 226 valence electrons. The summed E-state index contributed by atoms with van der Waals surface area (Å²) >= 11 is 0. The number of para-hydroxylation sites is 2. The van der Waals surface area contributed by atoms with Crippen molar-refractivity contribution in [2.75, 3.05) is 4.90 Å². The molecule has 2 heteroatoms. The molecule has 0 radical (unpaired) electrons. The second kappa shape index (κ2) is 11.8. The number of hydrogen-bond acceptors (Lipinski definition) is 2. The fourth-order valence-electron chi connectivity index (χ4n) is 7.14. The number of benzene rings is 8. The van der Waals surface area contributed by atoms with Crippen LogP contribution < -0.4 is 4.90 Å². The zero-order valence-corrected chi connectivity index (χ0v) is 26.3. The molecule has 1 heterocycles. The van der Waals surface area contributed by atoms with Gasteiger partial charge in [0.05, 0.1) is 16.8 Å². The average Bonchev–Trinajstić information content (AvgIpc) is 3.56. The summed E-state index contributed by atoms with van der Waals surface area (Å²) in [5, 5.41) is 4.45. The fraction of sp³-hybridized carbons (Fsp3) is 0. The summed E-state index contributed by atoms with van der Waals surface area (Å²) in [7, 11) is 0. The normalized spacial score (nSPS) is 11.3. The van der Waals surface area contributed by atoms with Crippen LogP contribution in [-0.4, -0.2) is 0 Å². The van der Waals surface area contributed by atoms with Gasteiger partial charge in [0.25, 0.3) is 0 Å². The van der Waals surface area contributed by atoms with Crippen molar-refractivity contribution in [2.45, 2.75) is 0 Å². The summed E-state index contributed by atoms with van der Waals surface area (Å²) in [4.78, 5) is 2.38. The van der Waals surface area contributed by atoms with Crippen LogP contribution in [0.4, 0.5) is 17.1 Å². The van der Waals surface area contributed by atoms with Crippen molar-refractivity contribution < 1.29 is 4.42 Å². The van der Waals surface area contributed by atoms with E-state index < -0.39 is 0 Å². The van der Waals surface area contributed by atoms with Gasteiger partial charge in [0.1, 0.15) is 11.2 Å². The molecule has 1 aromatic heterocycles. The number of rotatable bonds is 6. The smallest absolute Gasteiger partial charge is 0.143 e. The molecule has 0 N–H and O–H groups in total. The van der Waals surface area contributed by atoms with Gasteiger partial charge >= 0.3 is 0 Å². The Morgan fingerprint density at radius 1 is 0.354 bits per heavy atom. The Bertz CT molecular complexity index is 2550. The highest BCUT2D eigenvalue weighted by atomic mass is 16.3. The molecule has 8 aromatic carbocycles. The first kappa shape index (κ1) is 27.9. The standard InChI is InChI=1S/C46H31NO/c1-4-17-32(18-5-1)35-23-10-11-25-37(35)40-31-41-45-43(29-16-30-44(45)48-46(41)39-27-13-12-26-38(39)40)47(34-21-8-3-9-22-34)42-28-15-14-24-36(42)33-19-6-2-7-20-33/h1-31H. The maximum absolute atomic E-state index is 6.82. The van der Waals surface area contributed by atoms with Crippen LogP contribution in [0, 0.1) is 0 Å². The quantitative estimate of drug-likeness (QED) is 0.185. The van der Waals surface area contributed by atoms with Crippen molar-refractivity contribution in [3.63, 3.8) is 0 Å². The van der Waals surface area contributed by atoms with Gasteiger partial charge in [-0.3, -0.25) is 0 Å². The molecular weight excluding hydrogens is 583 g/mol. The molecule has 2 nitrogen and oxygen atoms in total. The van der Waals surface area contributed by atoms with Crippen LogP contribution in [-0.2, 0) is 0 Å². The highest BCUT2D eigenvalue weighted by Gasteiger charge is 2.23. The van der Waals surface area contributed by atoms with Crippen LogP contribution in [0.5, 0.6) is 0 Å². The minimum absolute atomic E-state index is 0.860. The Kier molecular flexibility index (Phi) is 6.84. The predicted molar refractivity (Wildman–Crippen MR) is 202 cm³/mol. The molecule has 0 amide bonds. The van der Waals surface area contributed by atoms with Gasteiger partial charge in [-0.2, -0.15) is 0 Å². The summed E-state index contributed by atoms with van der Waals surface area (Å²) in [6.45, 7) is 0. The highest BCUT2D eigenvalue weighted by Crippen LogP contribution is 2.48. The van der Waals surface area contributed by atoms with E-state index in [1.807, 2.05) is 0 Å². The molecule has 0 aliphatic carbocycles. The first-order valence-corrected chi connectivity index (χ1v) is 16.4. The number of hydrogen-bond donors (Lipinski definition) is 0. The van der Waals surface area contributed by atoms with Crippen LogP contribution in [0.2, 0.25) is 0 Å². The van der Waals surface area contributed by atoms with Crippen molar-refractivity contribution in [1.82, 2.24) is 0 Å². The molecule has 0 saturated carbocycles. The molecule has 0 bridgehead atoms. The largest absolute Gasteiger partial charge is 0.455 e. The van der Waals surface area contributed by atoms with E-state index in [1.54, 1.807) is 0 Å². The SMILES string of the molecule is c1ccc(-c2ccccc2-c2cc3c(oc4cccc(N(c5ccccc5)c5ccccc5-c5ccccc5)c43)c3ccccc23)cc1. The van der Waals surface area contributed by atoms with E-state index in [1.165, 1.54) is 33.2 Å². The van der Waals surface area contributed by atoms with Crippen LogP contribution in [0.15, 0.2) is 192 Å². The van der Waals surface area contributed by atoms with Gasteiger partial charge in [0.15, 0.2) is 0 Å². The van der Waals surface area contributed by atoms with Crippen molar-refractivity contribution in [3.05, 3.63) is 188 Å². The summed E-state index contributed by atoms with van der Waals surface area (Å²) in [5.41, 5.74) is 12.1. The summed E-state index contributed by atoms with van der Waals surface area (Å²) in [5.74, 6) is 0. The van der Waals surface area contributed by atoms with Crippen LogP contribution in [0.3, 0.4) is 0 Å². The van der Waals surface area contributed by atoms with E-state index >= 15 is 0 Å². The second-order valence-electron chi connectivity index (χ2n) is 12.1. The van der Waals surface area contributed by atoms with E-state index in [-0.39, 0.29) is 0 Å². The number of nitrogens with zero attached hydrogens (tertiary/aromatic N) is 1. The van der Waals surface area contributed by atoms with Gasteiger partial charge in [0.2, 0.25) is 0 Å². The lowest BCUT2D eigenvalue weighted by Crippen LogP contribution is -2.11. The first-order valence-electron chi connectivity index (χ1n) is 16.4. The Labute approximate surface area is 279 Å². The molecule has 0 saturated heterocycles. The monoisotopic (exact) mass is 613 g/mol. The highest BCUT2D eigenvalue weighted by molar-refractivity contribution is 6.23. The molecule has 9 rings (SSSR count). The van der Waals surface area contributed by atoms with E-state index in [0.717, 1.165) is 50.0 Å². The Morgan fingerprint density at radius 2 is 0.896 bits per heavy atom. The third-order valence-corrected chi connectivity index (χ3v) is 9.27. The summed E-state index contributed by atoms with van der Waals surface area (Å²) in [6.07, 6.45) is 0. The van der Waals surface area contributed by atoms with Crippen molar-refractivity contribution in [1.29, 1.82) is 0 Å². The lowest BCUT2D eigenvalue weighted by atomic mass is 9.90. The summed E-state index contributed by atoms with van der Waals surface area (Å²) in [6, 6.07) is 66.7. The maximum atomic E-state index is 6.82. The van der Waals surface area contributed by atoms with Gasteiger partial charge in [0, 0.05) is 22.0 Å². The Hall–Kier alpha value is -6.38. The molecule has 9 aromatic rings. The topological polar surface area (TPSA) is 16.4 Å². The Balaban J connectivity index is 1.37. The average molecular weight is 614 g/mol. The molecule has 0 unspecified atom stereocenters. The zero-order chi connectivity index (χ0) is 31.9. The van der Waals surface area contributed by atoms with Crippen molar-refractivity contribution in [2.24, 2.45) is 0 Å². The van der Waals surface area contributed by atoms with Gasteiger partial charge in [-0.25, -0.2) is 0 Å². The third kappa shape index (κ3) is 4.66. The van der Waals surface area contributed by atoms with E-state index in [9.17, 15) is 0 Å². The molecule has 0 spiro atoms. The van der Waals surface area contributed by atoms with Gasteiger partial charge in [-0.15, -0.1) is 0 Å². The third-order valence-electron chi connectivity index (χ3n) is 9.27. The summed E-state index contributed by atoms with van der Waals surface area (Å²) < 4.78 is 6.82. The predicted octanol–water partition coefficient (Wildman–Crippen LogP) is 13.2. The molecular formula is C46H31NO. The Morgan fingerprint density at radius 3 is 1.62 bits per heavy atom. The molecule has 0 aliphatic rings. The second-order valence-corrected chi connectivity index (χ2v) is 12.1. The minimum Gasteiger partial charge on any atom is -0.455 e. The van der Waals surface area contributed by atoms with Crippen molar-refractivity contribution in [3.8, 4) is 33.4 Å². The molecule has 0 aliphatic heterocycles. The van der Waals surface area contributed by atoms with Crippen LogP contribution in [0.1, 0.15) is 0 Å². The number of furan rings is 1. The van der Waals surface area contributed by atoms with E-state index in [4.69, 9.17) is 4.42 Å². The number of fused-ring (bicyclic) bond motifs is 5. The molecule has 0 fully saturated rings. The molecule has 48 heavy (non-hydrogen) atoms. The lowest BCUT2D eigenvalue weighted by Gasteiger charge is -2.28. The first-order chi connectivity index (χ1) is 23.8. The van der Waals surface area contributed by atoms with Gasteiger partial charge in [-0.05, 0) is 69.6 Å². The van der Waals surface area contributed by atoms with Gasteiger partial charge in [-0.1, -0.05) is 152 Å². The van der Waals surface area contributed by atoms with Gasteiger partial charge < -0.3 is 9.32 Å². The molecule has 0 atom stereocenters. The zero-order valence-electron chi connectivity index (χ0n) is 26.3. The fourth-order valence-corrected chi connectivity index (χ4v) is 7.14.